The summed E-state index contributed by atoms with van der Waals surface area (Å²) in [6, 6.07) is 27.7. The van der Waals surface area contributed by atoms with Crippen LogP contribution in [0.5, 0.6) is 0 Å². The maximum Gasteiger partial charge on any atom is 0.325 e. The number of likely N-dealkylation sites (N-methyl/N-ethyl adjacent to an activating group) is 1. The van der Waals surface area contributed by atoms with Gasteiger partial charge in [-0.2, -0.15) is 5.06 Å². The fourth-order valence-electron chi connectivity index (χ4n) is 4.96. The summed E-state index contributed by atoms with van der Waals surface area (Å²) in [5.74, 6) is -0.646. The van der Waals surface area contributed by atoms with Gasteiger partial charge in [0.25, 0.3) is 5.91 Å². The molecule has 3 rings (SSSR count). The van der Waals surface area contributed by atoms with Crippen LogP contribution < -0.4 is 0 Å². The Morgan fingerprint density at radius 2 is 1.34 bits per heavy atom. The zero-order chi connectivity index (χ0) is 32.1. The summed E-state index contributed by atoms with van der Waals surface area (Å²) in [6.45, 7) is 8.57. The van der Waals surface area contributed by atoms with Gasteiger partial charge in [0, 0.05) is 20.1 Å². The molecule has 0 fully saturated rings. The van der Waals surface area contributed by atoms with Crippen LogP contribution in [-0.2, 0) is 32.3 Å². The number of carbonyl (C=O) groups is 2. The summed E-state index contributed by atoms with van der Waals surface area (Å²) in [4.78, 5) is 34.7. The smallest absolute Gasteiger partial charge is 0.325 e. The monoisotopic (exact) mass is 601 g/mol. The first-order valence-corrected chi connectivity index (χ1v) is 15.2. The normalized spacial score (nSPS) is 13.2. The number of benzene rings is 3. The highest BCUT2D eigenvalue weighted by Gasteiger charge is 2.33. The maximum atomic E-state index is 13.8. The Bertz CT molecular complexity index is 1320. The molecule has 3 aromatic carbocycles. The van der Waals surface area contributed by atoms with Crippen molar-refractivity contribution in [3.8, 4) is 0 Å². The van der Waals surface area contributed by atoms with Crippen LogP contribution in [0, 0.1) is 11.8 Å². The lowest BCUT2D eigenvalue weighted by Crippen LogP contribution is -2.43. The molecule has 0 saturated carbocycles. The van der Waals surface area contributed by atoms with Gasteiger partial charge in [-0.05, 0) is 34.9 Å². The van der Waals surface area contributed by atoms with Gasteiger partial charge >= 0.3 is 5.97 Å². The zero-order valence-corrected chi connectivity index (χ0v) is 26.8. The molecular weight excluding hydrogens is 554 g/mol. The van der Waals surface area contributed by atoms with E-state index in [0.717, 1.165) is 21.8 Å². The highest BCUT2D eigenvalue weighted by molar-refractivity contribution is 5.92. The molecule has 0 saturated heterocycles. The van der Waals surface area contributed by atoms with Gasteiger partial charge < -0.3 is 14.8 Å². The van der Waals surface area contributed by atoms with Gasteiger partial charge in [0.15, 0.2) is 0 Å². The van der Waals surface area contributed by atoms with Crippen molar-refractivity contribution in [3.05, 3.63) is 119 Å². The Balaban J connectivity index is 2.01. The number of carbonyl (C=O) groups excluding carboxylic acids is 2. The van der Waals surface area contributed by atoms with Gasteiger partial charge in [0.1, 0.15) is 18.3 Å². The number of hydroxylamine groups is 4. The molecule has 0 spiro atoms. The van der Waals surface area contributed by atoms with E-state index in [9.17, 15) is 14.8 Å². The number of allylic oxidation sites excluding steroid dienone is 1. The maximum absolute atomic E-state index is 13.8. The van der Waals surface area contributed by atoms with Gasteiger partial charge in [0.2, 0.25) is 0 Å². The number of hydrogen-bond donors (Lipinski definition) is 1. The second-order valence-corrected chi connectivity index (χ2v) is 11.7. The molecule has 44 heavy (non-hydrogen) atoms. The first-order valence-electron chi connectivity index (χ1n) is 15.2. The molecule has 3 aromatic rings. The lowest BCUT2D eigenvalue weighted by Gasteiger charge is -2.37. The molecular formula is C36H47N3O5. The van der Waals surface area contributed by atoms with E-state index in [4.69, 9.17) is 9.57 Å². The predicted octanol–water partition coefficient (Wildman–Crippen LogP) is 6.64. The largest absolute Gasteiger partial charge is 0.462 e. The van der Waals surface area contributed by atoms with Crippen molar-refractivity contribution in [2.45, 2.75) is 59.3 Å². The minimum atomic E-state index is -0.860. The highest BCUT2D eigenvalue weighted by Crippen LogP contribution is 2.30. The summed E-state index contributed by atoms with van der Waals surface area (Å²) in [6.07, 6.45) is 2.33. The Hall–Kier alpha value is -3.98. The Kier molecular flexibility index (Phi) is 13.6. The SMILES string of the molecule is CON(C)C(=O)/C(=C\C(C)C)N(Cc1ccccc1)[C@H](COC(=O)[C@H](CC(C)C)N(O)Cc1ccccc1)c1ccccc1. The third-order valence-corrected chi connectivity index (χ3v) is 7.23. The van der Waals surface area contributed by atoms with Gasteiger partial charge in [-0.15, -0.1) is 0 Å². The Morgan fingerprint density at radius 3 is 1.84 bits per heavy atom. The van der Waals surface area contributed by atoms with E-state index in [1.807, 2.05) is 130 Å². The molecule has 0 aliphatic heterocycles. The number of nitrogens with zero attached hydrogens (tertiary/aromatic N) is 3. The number of esters is 1. The van der Waals surface area contributed by atoms with Crippen LogP contribution in [0.1, 0.15) is 56.8 Å². The third kappa shape index (κ3) is 10.3. The number of ether oxygens (including phenoxy) is 1. The van der Waals surface area contributed by atoms with E-state index < -0.39 is 18.1 Å². The van der Waals surface area contributed by atoms with Crippen molar-refractivity contribution in [1.29, 1.82) is 0 Å². The second-order valence-electron chi connectivity index (χ2n) is 11.7. The van der Waals surface area contributed by atoms with E-state index >= 15 is 0 Å². The quantitative estimate of drug-likeness (QED) is 0.112. The minimum Gasteiger partial charge on any atom is -0.462 e. The van der Waals surface area contributed by atoms with Gasteiger partial charge in [-0.3, -0.25) is 14.4 Å². The van der Waals surface area contributed by atoms with Crippen molar-refractivity contribution in [3.63, 3.8) is 0 Å². The van der Waals surface area contributed by atoms with Crippen LogP contribution in [-0.4, -0.2) is 58.9 Å². The van der Waals surface area contributed by atoms with Crippen LogP contribution in [0.4, 0.5) is 0 Å². The van der Waals surface area contributed by atoms with E-state index in [2.05, 4.69) is 0 Å². The first kappa shape index (κ1) is 34.5. The first-order chi connectivity index (χ1) is 21.1. The van der Waals surface area contributed by atoms with Gasteiger partial charge in [-0.1, -0.05) is 125 Å². The molecule has 0 aliphatic carbocycles. The summed E-state index contributed by atoms with van der Waals surface area (Å²) in [7, 11) is 3.03. The summed E-state index contributed by atoms with van der Waals surface area (Å²) in [5, 5.41) is 13.3. The standard InChI is InChI=1S/C36H47N3O5/c1-27(2)22-32(35(40)37(5)43-6)38(24-29-16-10-7-11-17-29)34(31-20-14-9-15-21-31)26-44-36(41)33(23-28(3)4)39(42)25-30-18-12-8-13-19-30/h7-22,27-28,33-34,42H,23-26H2,1-6H3/b32-22+/t33-,34+/m0/s1. The van der Waals surface area contributed by atoms with Crippen LogP contribution in [0.25, 0.3) is 0 Å². The fourth-order valence-corrected chi connectivity index (χ4v) is 4.96. The van der Waals surface area contributed by atoms with E-state index in [1.54, 1.807) is 7.05 Å². The molecule has 8 nitrogen and oxygen atoms in total. The molecule has 1 N–H and O–H groups in total. The van der Waals surface area contributed by atoms with Gasteiger partial charge in [-0.25, -0.2) is 5.06 Å². The van der Waals surface area contributed by atoms with Crippen LogP contribution >= 0.6 is 0 Å². The van der Waals surface area contributed by atoms with Crippen molar-refractivity contribution in [2.75, 3.05) is 20.8 Å². The summed E-state index contributed by atoms with van der Waals surface area (Å²) < 4.78 is 6.06. The van der Waals surface area contributed by atoms with Crippen molar-refractivity contribution >= 4 is 11.9 Å². The average Bonchev–Trinajstić information content (AvgIpc) is 3.02. The lowest BCUT2D eigenvalue weighted by atomic mass is 10.0. The molecule has 2 atom stereocenters. The fraction of sp³-hybridized carbons (Fsp3) is 0.389. The molecule has 8 heteroatoms. The van der Waals surface area contributed by atoms with E-state index in [-0.39, 0.29) is 30.9 Å². The highest BCUT2D eigenvalue weighted by atomic mass is 16.7. The van der Waals surface area contributed by atoms with Crippen LogP contribution in [0.15, 0.2) is 103 Å². The number of hydrogen-bond acceptors (Lipinski definition) is 7. The Labute approximate surface area is 262 Å². The lowest BCUT2D eigenvalue weighted by molar-refractivity contribution is -0.181. The molecule has 0 radical (unpaired) electrons. The molecule has 0 bridgehead atoms. The molecule has 0 heterocycles. The Morgan fingerprint density at radius 1 is 0.818 bits per heavy atom. The topological polar surface area (TPSA) is 82.6 Å². The van der Waals surface area contributed by atoms with Crippen molar-refractivity contribution < 1.29 is 24.4 Å². The molecule has 1 amide bonds. The predicted molar refractivity (Wildman–Crippen MR) is 172 cm³/mol. The van der Waals surface area contributed by atoms with Crippen LogP contribution in [0.3, 0.4) is 0 Å². The summed E-state index contributed by atoms with van der Waals surface area (Å²) >= 11 is 0. The molecule has 0 aliphatic rings. The van der Waals surface area contributed by atoms with Crippen molar-refractivity contribution in [1.82, 2.24) is 15.0 Å². The summed E-state index contributed by atoms with van der Waals surface area (Å²) in [5.41, 5.74) is 3.19. The molecule has 236 valence electrons. The zero-order valence-electron chi connectivity index (χ0n) is 26.8. The third-order valence-electron chi connectivity index (χ3n) is 7.23. The molecule has 0 unspecified atom stereocenters. The average molecular weight is 602 g/mol. The van der Waals surface area contributed by atoms with E-state index in [1.165, 1.54) is 12.2 Å². The number of rotatable bonds is 16. The second kappa shape index (κ2) is 17.3. The number of amides is 1. The van der Waals surface area contributed by atoms with Crippen molar-refractivity contribution in [2.24, 2.45) is 11.8 Å². The van der Waals surface area contributed by atoms with E-state index in [0.29, 0.717) is 18.7 Å². The van der Waals surface area contributed by atoms with Crippen LogP contribution in [0.2, 0.25) is 0 Å². The minimum absolute atomic E-state index is 0.0388. The van der Waals surface area contributed by atoms with Gasteiger partial charge in [0.05, 0.1) is 13.2 Å². The molecule has 0 aromatic heterocycles.